The molecule has 0 atom stereocenters. The van der Waals surface area contributed by atoms with Gasteiger partial charge in [-0.3, -0.25) is 14.9 Å². The van der Waals surface area contributed by atoms with E-state index in [1.54, 1.807) is 39.8 Å². The number of hydrogen-bond acceptors (Lipinski definition) is 5. The van der Waals surface area contributed by atoms with Gasteiger partial charge in [0.15, 0.2) is 5.78 Å². The molecule has 0 aliphatic carbocycles. The van der Waals surface area contributed by atoms with Crippen LogP contribution in [0.25, 0.3) is 16.7 Å². The Morgan fingerprint density at radius 3 is 2.27 bits per heavy atom. The number of carbonyl (C=O) groups excluding carboxylic acids is 1. The molecule has 0 amide bonds. The van der Waals surface area contributed by atoms with Crippen LogP contribution in [-0.2, 0) is 16.0 Å². The predicted octanol–water partition coefficient (Wildman–Crippen LogP) is 5.90. The van der Waals surface area contributed by atoms with Crippen LogP contribution in [0.4, 0.5) is 5.69 Å². The summed E-state index contributed by atoms with van der Waals surface area (Å²) in [6.07, 6.45) is 0.641. The second-order valence-electron chi connectivity index (χ2n) is 8.32. The van der Waals surface area contributed by atoms with Gasteiger partial charge in [-0.25, -0.2) is 0 Å². The van der Waals surface area contributed by atoms with E-state index in [0.717, 1.165) is 5.56 Å². The molecule has 6 nitrogen and oxygen atoms in total. The summed E-state index contributed by atoms with van der Waals surface area (Å²) >= 11 is 5.94. The monoisotopic (exact) mass is 429 g/mol. The Balaban J connectivity index is 2.25. The number of Topliss-reactive ketones (excluding diaryl/α,β-unsaturated/α-hetero) is 1. The number of aryl methyl sites for hydroxylation is 1. The van der Waals surface area contributed by atoms with Crippen molar-refractivity contribution in [1.29, 1.82) is 0 Å². The van der Waals surface area contributed by atoms with Crippen LogP contribution in [0.3, 0.4) is 0 Å². The third-order valence-electron chi connectivity index (χ3n) is 5.33. The molecule has 0 spiro atoms. The lowest BCUT2D eigenvalue weighted by molar-refractivity contribution is -0.384. The minimum Gasteiger partial charge on any atom is -0.508 e. The fraction of sp³-hybridized carbons (Fsp3) is 0.348. The standard InChI is InChI=1S/C23H24ClNO5/c1-6-13-7-8-14(15-9-10-17(24)18(12-15)25(28)29)11-16(13)19-20(26)22(2,3)30-23(4,5)21(19)27/h7-12,26H,6H2,1-5H3. The molecule has 1 N–H and O–H groups in total. The molecule has 1 heterocycles. The SMILES string of the molecule is CCc1ccc(-c2ccc(Cl)c([N+](=O)[O-])c2)cc1C1=C(O)C(C)(C)OC(C)(C)C1=O. The molecule has 1 aliphatic heterocycles. The number of rotatable bonds is 4. The quantitative estimate of drug-likeness (QED) is 0.482. The Bertz CT molecular complexity index is 1080. The number of nitro groups is 1. The van der Waals surface area contributed by atoms with Gasteiger partial charge in [-0.1, -0.05) is 36.7 Å². The van der Waals surface area contributed by atoms with Crippen molar-refractivity contribution in [1.82, 2.24) is 0 Å². The van der Waals surface area contributed by atoms with Crippen LogP contribution in [0.15, 0.2) is 42.2 Å². The Kier molecular flexibility index (Phi) is 5.52. The van der Waals surface area contributed by atoms with E-state index in [0.29, 0.717) is 23.1 Å². The summed E-state index contributed by atoms with van der Waals surface area (Å²) in [7, 11) is 0. The molecule has 3 rings (SSSR count). The summed E-state index contributed by atoms with van der Waals surface area (Å²) in [6, 6.07) is 10.1. The molecule has 0 unspecified atom stereocenters. The number of aliphatic hydroxyl groups excluding tert-OH is 1. The fourth-order valence-electron chi connectivity index (χ4n) is 3.82. The Labute approximate surface area is 180 Å². The molecule has 0 radical (unpaired) electrons. The average molecular weight is 430 g/mol. The van der Waals surface area contributed by atoms with Gasteiger partial charge >= 0.3 is 0 Å². The van der Waals surface area contributed by atoms with Gasteiger partial charge in [0, 0.05) is 6.07 Å². The summed E-state index contributed by atoms with van der Waals surface area (Å²) in [5.41, 5.74) is 0.633. The van der Waals surface area contributed by atoms with Crippen LogP contribution >= 0.6 is 11.6 Å². The highest BCUT2D eigenvalue weighted by molar-refractivity contribution is 6.32. The summed E-state index contributed by atoms with van der Waals surface area (Å²) in [5, 5.41) is 22.2. The van der Waals surface area contributed by atoms with Crippen molar-refractivity contribution in [3.63, 3.8) is 0 Å². The normalized spacial score (nSPS) is 17.9. The van der Waals surface area contributed by atoms with E-state index in [1.165, 1.54) is 12.1 Å². The number of nitro benzene ring substituents is 1. The third kappa shape index (κ3) is 3.73. The highest BCUT2D eigenvalue weighted by Crippen LogP contribution is 2.42. The van der Waals surface area contributed by atoms with Crippen LogP contribution in [0.2, 0.25) is 5.02 Å². The van der Waals surface area contributed by atoms with Crippen LogP contribution in [0, 0.1) is 10.1 Å². The first-order valence-electron chi connectivity index (χ1n) is 9.65. The summed E-state index contributed by atoms with van der Waals surface area (Å²) in [4.78, 5) is 23.9. The molecule has 0 saturated carbocycles. The highest BCUT2D eigenvalue weighted by Gasteiger charge is 2.47. The van der Waals surface area contributed by atoms with Crippen LogP contribution in [0.1, 0.15) is 45.7 Å². The zero-order valence-electron chi connectivity index (χ0n) is 17.6. The van der Waals surface area contributed by atoms with Gasteiger partial charge in [0.05, 0.1) is 10.5 Å². The minimum atomic E-state index is -1.11. The summed E-state index contributed by atoms with van der Waals surface area (Å²) < 4.78 is 5.83. The van der Waals surface area contributed by atoms with E-state index in [9.17, 15) is 20.0 Å². The predicted molar refractivity (Wildman–Crippen MR) is 117 cm³/mol. The molecule has 30 heavy (non-hydrogen) atoms. The maximum absolute atomic E-state index is 13.2. The molecule has 158 valence electrons. The maximum Gasteiger partial charge on any atom is 0.288 e. The second-order valence-corrected chi connectivity index (χ2v) is 8.73. The van der Waals surface area contributed by atoms with E-state index >= 15 is 0 Å². The van der Waals surface area contributed by atoms with Gasteiger partial charge in [-0.15, -0.1) is 0 Å². The molecule has 2 aromatic carbocycles. The molecular formula is C23H24ClNO5. The Hall–Kier alpha value is -2.70. The van der Waals surface area contributed by atoms with E-state index in [4.69, 9.17) is 16.3 Å². The van der Waals surface area contributed by atoms with E-state index < -0.39 is 16.1 Å². The third-order valence-corrected chi connectivity index (χ3v) is 5.65. The maximum atomic E-state index is 13.2. The molecular weight excluding hydrogens is 406 g/mol. The first-order valence-corrected chi connectivity index (χ1v) is 10.0. The molecule has 1 aliphatic rings. The molecule has 2 aromatic rings. The summed E-state index contributed by atoms with van der Waals surface area (Å²) in [5.74, 6) is -0.436. The molecule has 0 fully saturated rings. The number of nitrogens with zero attached hydrogens (tertiary/aromatic N) is 1. The van der Waals surface area contributed by atoms with Crippen molar-refractivity contribution < 1.29 is 19.6 Å². The number of hydrogen-bond donors (Lipinski definition) is 1. The number of benzene rings is 2. The highest BCUT2D eigenvalue weighted by atomic mass is 35.5. The zero-order chi connectivity index (χ0) is 22.4. The van der Waals surface area contributed by atoms with E-state index in [1.807, 2.05) is 19.1 Å². The van der Waals surface area contributed by atoms with Gasteiger partial charge in [0.2, 0.25) is 0 Å². The minimum absolute atomic E-state index is 0.0533. The Morgan fingerprint density at radius 2 is 1.67 bits per heavy atom. The number of aliphatic hydroxyl groups is 1. The largest absolute Gasteiger partial charge is 0.508 e. The number of carbonyl (C=O) groups is 1. The van der Waals surface area contributed by atoms with Crippen molar-refractivity contribution in [2.75, 3.05) is 0 Å². The van der Waals surface area contributed by atoms with Gasteiger partial charge in [-0.2, -0.15) is 0 Å². The van der Waals surface area contributed by atoms with E-state index in [-0.39, 0.29) is 27.8 Å². The first-order chi connectivity index (χ1) is 13.9. The lowest BCUT2D eigenvalue weighted by Crippen LogP contribution is -2.49. The number of ether oxygens (including phenoxy) is 1. The molecule has 0 saturated heterocycles. The van der Waals surface area contributed by atoms with Crippen molar-refractivity contribution in [3.05, 3.63) is 68.4 Å². The topological polar surface area (TPSA) is 89.7 Å². The lowest BCUT2D eigenvalue weighted by Gasteiger charge is -2.40. The first kappa shape index (κ1) is 22.0. The fourth-order valence-corrected chi connectivity index (χ4v) is 4.01. The zero-order valence-corrected chi connectivity index (χ0v) is 18.3. The van der Waals surface area contributed by atoms with Gasteiger partial charge < -0.3 is 9.84 Å². The number of ketones is 1. The van der Waals surface area contributed by atoms with Crippen molar-refractivity contribution in [2.45, 2.75) is 52.2 Å². The van der Waals surface area contributed by atoms with Crippen LogP contribution in [-0.4, -0.2) is 27.0 Å². The smallest absolute Gasteiger partial charge is 0.288 e. The average Bonchev–Trinajstić information content (AvgIpc) is 2.66. The van der Waals surface area contributed by atoms with Crippen LogP contribution < -0.4 is 0 Å². The summed E-state index contributed by atoms with van der Waals surface area (Å²) in [6.45, 7) is 8.76. The lowest BCUT2D eigenvalue weighted by atomic mass is 9.80. The van der Waals surface area contributed by atoms with Crippen LogP contribution in [0.5, 0.6) is 0 Å². The van der Waals surface area contributed by atoms with Gasteiger partial charge in [-0.05, 0) is 68.5 Å². The van der Waals surface area contributed by atoms with E-state index in [2.05, 4.69) is 0 Å². The van der Waals surface area contributed by atoms with Crippen molar-refractivity contribution >= 4 is 28.6 Å². The molecule has 0 aromatic heterocycles. The second kappa shape index (κ2) is 7.52. The molecule has 7 heteroatoms. The van der Waals surface area contributed by atoms with Gasteiger partial charge in [0.1, 0.15) is 22.0 Å². The molecule has 0 bridgehead atoms. The van der Waals surface area contributed by atoms with Crippen molar-refractivity contribution in [3.8, 4) is 11.1 Å². The van der Waals surface area contributed by atoms with Gasteiger partial charge in [0.25, 0.3) is 5.69 Å². The number of halogens is 1. The Morgan fingerprint density at radius 1 is 1.07 bits per heavy atom. The van der Waals surface area contributed by atoms with Crippen molar-refractivity contribution in [2.24, 2.45) is 0 Å².